The lowest BCUT2D eigenvalue weighted by Crippen LogP contribution is -2.27. The van der Waals surface area contributed by atoms with E-state index in [4.69, 9.17) is 0 Å². The summed E-state index contributed by atoms with van der Waals surface area (Å²) in [7, 11) is 2.03. The molecule has 0 amide bonds. The fourth-order valence-corrected chi connectivity index (χ4v) is 1.16. The molecule has 0 atom stereocenters. The Morgan fingerprint density at radius 2 is 2.30 bits per heavy atom. The molecule has 2 aromatic rings. The van der Waals surface area contributed by atoms with Gasteiger partial charge in [-0.2, -0.15) is 0 Å². The van der Waals surface area contributed by atoms with Crippen LogP contribution in [0.4, 0.5) is 0 Å². The Kier molecular flexibility index (Phi) is 1.01. The van der Waals surface area contributed by atoms with Crippen molar-refractivity contribution in [3.8, 4) is 0 Å². The van der Waals surface area contributed by atoms with Crippen LogP contribution in [-0.2, 0) is 7.05 Å². The highest BCUT2D eigenvalue weighted by Crippen LogP contribution is 2.04. The summed E-state index contributed by atoms with van der Waals surface area (Å²) < 4.78 is 2.06. The van der Waals surface area contributed by atoms with Gasteiger partial charge in [0.1, 0.15) is 0 Å². The molecule has 0 unspecified atom stereocenters. The zero-order valence-corrected chi connectivity index (χ0v) is 5.83. The molecule has 0 aliphatic heterocycles. The number of hydrogen-bond donors (Lipinski definition) is 1. The summed E-state index contributed by atoms with van der Waals surface area (Å²) in [5.41, 5.74) is 1.17. The molecule has 10 heavy (non-hydrogen) atoms. The molecule has 2 aromatic heterocycles. The summed E-state index contributed by atoms with van der Waals surface area (Å²) in [5, 5.41) is 1.25. The van der Waals surface area contributed by atoms with Crippen LogP contribution in [0.5, 0.6) is 0 Å². The number of aryl methyl sites for hydroxylation is 1. The molecule has 50 valence electrons. The maximum absolute atomic E-state index is 3.15. The van der Waals surface area contributed by atoms with Crippen LogP contribution >= 0.6 is 0 Å². The van der Waals surface area contributed by atoms with Crippen molar-refractivity contribution in [2.75, 3.05) is 0 Å². The predicted molar refractivity (Wildman–Crippen MR) is 39.5 cm³/mol. The van der Waals surface area contributed by atoms with Crippen LogP contribution in [0.15, 0.2) is 30.6 Å². The van der Waals surface area contributed by atoms with Crippen molar-refractivity contribution in [1.82, 2.24) is 4.98 Å². The van der Waals surface area contributed by atoms with Gasteiger partial charge in [-0.05, 0) is 18.2 Å². The molecule has 2 heterocycles. The Bertz CT molecular complexity index is 349. The first-order chi connectivity index (χ1) is 4.88. The highest BCUT2D eigenvalue weighted by atomic mass is 15.0. The largest absolute Gasteiger partial charge is 0.286 e. The molecule has 0 radical (unpaired) electrons. The Hall–Kier alpha value is -1.31. The van der Waals surface area contributed by atoms with Gasteiger partial charge >= 0.3 is 0 Å². The van der Waals surface area contributed by atoms with Gasteiger partial charge in [0.25, 0.3) is 5.65 Å². The topological polar surface area (TPSA) is 19.7 Å². The molecule has 0 aliphatic rings. The first kappa shape index (κ1) is 5.47. The Morgan fingerprint density at radius 1 is 1.40 bits per heavy atom. The zero-order valence-electron chi connectivity index (χ0n) is 5.83. The van der Waals surface area contributed by atoms with E-state index in [0.717, 1.165) is 0 Å². The van der Waals surface area contributed by atoms with Crippen LogP contribution < -0.4 is 4.57 Å². The number of fused-ring (bicyclic) bond motifs is 1. The first-order valence-electron chi connectivity index (χ1n) is 3.30. The third-order valence-electron chi connectivity index (χ3n) is 1.69. The average Bonchev–Trinajstić information content (AvgIpc) is 2.36. The van der Waals surface area contributed by atoms with Crippen LogP contribution in [0.1, 0.15) is 0 Å². The van der Waals surface area contributed by atoms with Gasteiger partial charge in [0.2, 0.25) is 0 Å². The molecular formula is C8H9N2+. The first-order valence-corrected chi connectivity index (χ1v) is 3.30. The molecule has 2 nitrogen and oxygen atoms in total. The van der Waals surface area contributed by atoms with Gasteiger partial charge in [0.15, 0.2) is 0 Å². The maximum atomic E-state index is 3.15. The van der Waals surface area contributed by atoms with Crippen molar-refractivity contribution in [2.24, 2.45) is 7.05 Å². The molecule has 0 bridgehead atoms. The molecule has 0 aromatic carbocycles. The number of nitrogens with zero attached hydrogens (tertiary/aromatic N) is 1. The van der Waals surface area contributed by atoms with Gasteiger partial charge in [0, 0.05) is 0 Å². The summed E-state index contributed by atoms with van der Waals surface area (Å²) in [5.74, 6) is 0. The minimum absolute atomic E-state index is 1.17. The molecule has 0 saturated heterocycles. The Labute approximate surface area is 59.1 Å². The monoisotopic (exact) mass is 133 g/mol. The lowest BCUT2D eigenvalue weighted by Gasteiger charge is -1.88. The second kappa shape index (κ2) is 1.84. The molecule has 2 heteroatoms. The van der Waals surface area contributed by atoms with Crippen molar-refractivity contribution in [1.29, 1.82) is 0 Å². The van der Waals surface area contributed by atoms with E-state index in [1.54, 1.807) is 0 Å². The van der Waals surface area contributed by atoms with Gasteiger partial charge in [-0.1, -0.05) is 0 Å². The minimum atomic E-state index is 1.17. The minimum Gasteiger partial charge on any atom is -0.247 e. The van der Waals surface area contributed by atoms with Gasteiger partial charge in [-0.3, -0.25) is 0 Å². The fraction of sp³-hybridized carbons (Fsp3) is 0.125. The summed E-state index contributed by atoms with van der Waals surface area (Å²) in [6.07, 6.45) is 3.98. The SMILES string of the molecule is C[n+]1cccc2cc[nH]c21. The molecule has 0 aliphatic carbocycles. The third kappa shape index (κ3) is 0.620. The van der Waals surface area contributed by atoms with Crippen molar-refractivity contribution in [2.45, 2.75) is 0 Å². The van der Waals surface area contributed by atoms with Gasteiger partial charge < -0.3 is 0 Å². The molecular weight excluding hydrogens is 124 g/mol. The smallest absolute Gasteiger partial charge is 0.247 e. The van der Waals surface area contributed by atoms with Gasteiger partial charge in [-0.15, -0.1) is 0 Å². The molecule has 2 rings (SSSR count). The number of aromatic amines is 1. The van der Waals surface area contributed by atoms with E-state index in [-0.39, 0.29) is 0 Å². The predicted octanol–water partition coefficient (Wildman–Crippen LogP) is 0.992. The molecule has 1 N–H and O–H groups in total. The summed E-state index contributed by atoms with van der Waals surface area (Å²) >= 11 is 0. The summed E-state index contributed by atoms with van der Waals surface area (Å²) in [6, 6.07) is 6.19. The maximum Gasteiger partial charge on any atom is 0.286 e. The average molecular weight is 133 g/mol. The number of aromatic nitrogens is 2. The third-order valence-corrected chi connectivity index (χ3v) is 1.69. The number of pyridine rings is 1. The van der Waals surface area contributed by atoms with Crippen LogP contribution in [0.3, 0.4) is 0 Å². The lowest BCUT2D eigenvalue weighted by atomic mass is 10.3. The number of nitrogens with one attached hydrogen (secondary N) is 1. The lowest BCUT2D eigenvalue weighted by molar-refractivity contribution is -0.646. The van der Waals surface area contributed by atoms with E-state index in [1.165, 1.54) is 11.0 Å². The quantitative estimate of drug-likeness (QED) is 0.517. The van der Waals surface area contributed by atoms with Crippen molar-refractivity contribution < 1.29 is 4.57 Å². The van der Waals surface area contributed by atoms with E-state index in [9.17, 15) is 0 Å². The standard InChI is InChI=1S/C8H8N2/c1-10-6-2-3-7-4-5-9-8(7)10/h2-6H,1H3/p+1. The van der Waals surface area contributed by atoms with E-state index in [2.05, 4.69) is 21.7 Å². The van der Waals surface area contributed by atoms with Gasteiger partial charge in [-0.25, -0.2) is 9.55 Å². The number of hydrogen-bond acceptors (Lipinski definition) is 0. The summed E-state index contributed by atoms with van der Waals surface area (Å²) in [4.78, 5) is 3.15. The second-order valence-electron chi connectivity index (χ2n) is 2.40. The van der Waals surface area contributed by atoms with E-state index < -0.39 is 0 Å². The molecule has 0 saturated carbocycles. The Balaban J connectivity index is 2.95. The van der Waals surface area contributed by atoms with Crippen LogP contribution in [0.25, 0.3) is 11.0 Å². The highest BCUT2D eigenvalue weighted by molar-refractivity contribution is 5.71. The van der Waals surface area contributed by atoms with E-state index >= 15 is 0 Å². The normalized spacial score (nSPS) is 10.5. The van der Waals surface area contributed by atoms with Crippen LogP contribution in [0, 0.1) is 0 Å². The van der Waals surface area contributed by atoms with Crippen LogP contribution in [-0.4, -0.2) is 4.98 Å². The summed E-state index contributed by atoms with van der Waals surface area (Å²) in [6.45, 7) is 0. The highest BCUT2D eigenvalue weighted by Gasteiger charge is 2.00. The van der Waals surface area contributed by atoms with Crippen molar-refractivity contribution in [3.63, 3.8) is 0 Å². The fourth-order valence-electron chi connectivity index (χ4n) is 1.16. The van der Waals surface area contributed by atoms with Gasteiger partial charge in [0.05, 0.1) is 24.8 Å². The number of rotatable bonds is 0. The second-order valence-corrected chi connectivity index (χ2v) is 2.40. The van der Waals surface area contributed by atoms with Crippen molar-refractivity contribution >= 4 is 11.0 Å². The Morgan fingerprint density at radius 3 is 3.10 bits per heavy atom. The number of H-pyrrole nitrogens is 1. The van der Waals surface area contributed by atoms with E-state index in [1.807, 2.05) is 25.5 Å². The van der Waals surface area contributed by atoms with Crippen molar-refractivity contribution in [3.05, 3.63) is 30.6 Å². The van der Waals surface area contributed by atoms with Crippen LogP contribution in [0.2, 0.25) is 0 Å². The molecule has 0 fully saturated rings. The zero-order chi connectivity index (χ0) is 6.97. The van der Waals surface area contributed by atoms with E-state index in [0.29, 0.717) is 0 Å². The molecule has 0 spiro atoms.